The number of hydrogen-bond donors (Lipinski definition) is 2. The van der Waals surface area contributed by atoms with E-state index >= 15 is 0 Å². The maximum absolute atomic E-state index is 12.7. The number of carbonyl (C=O) groups excluding carboxylic acids is 2. The van der Waals surface area contributed by atoms with Crippen LogP contribution < -0.4 is 5.32 Å². The van der Waals surface area contributed by atoms with Crippen LogP contribution in [0.5, 0.6) is 5.75 Å². The first-order valence-corrected chi connectivity index (χ1v) is 10.7. The van der Waals surface area contributed by atoms with E-state index in [0.29, 0.717) is 22.2 Å². The van der Waals surface area contributed by atoms with Crippen molar-refractivity contribution in [3.05, 3.63) is 82.8 Å². The topological polar surface area (TPSA) is 69.6 Å². The molecule has 1 heterocycles. The highest BCUT2D eigenvalue weighted by Crippen LogP contribution is 2.32. The summed E-state index contributed by atoms with van der Waals surface area (Å²) >= 11 is 6.53. The van der Waals surface area contributed by atoms with Gasteiger partial charge in [0.05, 0.1) is 4.91 Å². The number of carbonyl (C=O) groups is 2. The molecular formula is C23H22N2O3S2. The fourth-order valence-electron chi connectivity index (χ4n) is 2.90. The van der Waals surface area contributed by atoms with Gasteiger partial charge in [0.1, 0.15) is 16.1 Å². The summed E-state index contributed by atoms with van der Waals surface area (Å²) in [6, 6.07) is 15.9. The number of thioether (sulfide) groups is 1. The average Bonchev–Trinajstić information content (AvgIpc) is 3.03. The summed E-state index contributed by atoms with van der Waals surface area (Å²) in [5.41, 5.74) is 2.03. The lowest BCUT2D eigenvalue weighted by atomic mass is 10.1. The van der Waals surface area contributed by atoms with Crippen LogP contribution in [0.1, 0.15) is 18.1 Å². The Hall–Kier alpha value is -2.90. The van der Waals surface area contributed by atoms with Crippen LogP contribution in [0.15, 0.2) is 71.7 Å². The zero-order chi connectivity index (χ0) is 21.5. The van der Waals surface area contributed by atoms with E-state index in [9.17, 15) is 14.7 Å². The summed E-state index contributed by atoms with van der Waals surface area (Å²) in [5.74, 6) is -0.313. The number of phenolic OH excluding ortho intramolecular Hbond substituents is 1. The Morgan fingerprint density at radius 1 is 1.20 bits per heavy atom. The van der Waals surface area contributed by atoms with E-state index in [4.69, 9.17) is 12.2 Å². The first kappa shape index (κ1) is 21.8. The van der Waals surface area contributed by atoms with Gasteiger partial charge in [-0.3, -0.25) is 14.5 Å². The van der Waals surface area contributed by atoms with Crippen molar-refractivity contribution in [1.29, 1.82) is 0 Å². The third-order valence-corrected chi connectivity index (χ3v) is 5.92. The molecule has 2 aromatic rings. The van der Waals surface area contributed by atoms with Gasteiger partial charge in [-0.25, -0.2) is 0 Å². The first-order chi connectivity index (χ1) is 14.5. The molecule has 0 aliphatic carbocycles. The van der Waals surface area contributed by atoms with Gasteiger partial charge < -0.3 is 10.4 Å². The lowest BCUT2D eigenvalue weighted by molar-refractivity contribution is -0.132. The summed E-state index contributed by atoms with van der Waals surface area (Å²) in [6.07, 6.45) is 6.07. The van der Waals surface area contributed by atoms with Crippen LogP contribution in [0.4, 0.5) is 0 Å². The third-order valence-electron chi connectivity index (χ3n) is 4.58. The Morgan fingerprint density at radius 2 is 1.90 bits per heavy atom. The van der Waals surface area contributed by atoms with E-state index in [1.165, 1.54) is 16.7 Å². The van der Waals surface area contributed by atoms with E-state index in [1.54, 1.807) is 37.3 Å². The van der Waals surface area contributed by atoms with Crippen LogP contribution in [0.25, 0.3) is 6.08 Å². The Kier molecular flexibility index (Phi) is 7.43. The molecule has 2 amide bonds. The van der Waals surface area contributed by atoms with Gasteiger partial charge in [0.2, 0.25) is 5.91 Å². The van der Waals surface area contributed by atoms with Crippen molar-refractivity contribution >= 4 is 46.2 Å². The van der Waals surface area contributed by atoms with Gasteiger partial charge in [-0.05, 0) is 42.7 Å². The summed E-state index contributed by atoms with van der Waals surface area (Å²) < 4.78 is 0.376. The molecule has 1 atom stereocenters. The molecule has 2 N–H and O–H groups in total. The molecule has 1 aliphatic rings. The molecule has 7 heteroatoms. The number of thiocarbonyl (C=S) groups is 1. The van der Waals surface area contributed by atoms with Gasteiger partial charge in [-0.1, -0.05) is 78.6 Å². The summed E-state index contributed by atoms with van der Waals surface area (Å²) in [5, 5.41) is 12.2. The lowest BCUT2D eigenvalue weighted by Gasteiger charge is -2.22. The van der Waals surface area contributed by atoms with Gasteiger partial charge in [0, 0.05) is 6.54 Å². The van der Waals surface area contributed by atoms with Crippen LogP contribution >= 0.6 is 24.0 Å². The van der Waals surface area contributed by atoms with Gasteiger partial charge >= 0.3 is 0 Å². The maximum atomic E-state index is 12.7. The number of nitrogens with zero attached hydrogens (tertiary/aromatic N) is 1. The fraction of sp³-hybridized carbons (Fsp3) is 0.174. The molecule has 1 aliphatic heterocycles. The van der Waals surface area contributed by atoms with Crippen LogP contribution in [0.2, 0.25) is 0 Å². The van der Waals surface area contributed by atoms with Crippen LogP contribution in [-0.2, 0) is 16.0 Å². The number of benzene rings is 2. The van der Waals surface area contributed by atoms with Crippen molar-refractivity contribution in [3.8, 4) is 5.75 Å². The molecule has 1 fully saturated rings. The fourth-order valence-corrected chi connectivity index (χ4v) is 4.27. The van der Waals surface area contributed by atoms with Crippen LogP contribution in [0.3, 0.4) is 0 Å². The molecule has 30 heavy (non-hydrogen) atoms. The van der Waals surface area contributed by atoms with Crippen molar-refractivity contribution in [2.75, 3.05) is 6.54 Å². The minimum absolute atomic E-state index is 0.206. The standard InChI is InChI=1S/C23H22N2O3S2/c1-16(21(27)24-15-14-18-10-12-19(26)13-11-18)25-22(28)20(30-23(25)29)9-5-8-17-6-3-2-4-7-17/h2-13,16,26H,14-15H2,1H3,(H,24,27)/b8-5+,20-9-/t16-/m0/s1. The summed E-state index contributed by atoms with van der Waals surface area (Å²) in [6.45, 7) is 2.10. The van der Waals surface area contributed by atoms with Gasteiger partial charge in [0.15, 0.2) is 0 Å². The second kappa shape index (κ2) is 10.2. The highest BCUT2D eigenvalue weighted by atomic mass is 32.2. The van der Waals surface area contributed by atoms with Gasteiger partial charge in [0.25, 0.3) is 5.91 Å². The molecule has 0 radical (unpaired) electrons. The first-order valence-electron chi connectivity index (χ1n) is 9.50. The minimum atomic E-state index is -0.693. The molecule has 1 saturated heterocycles. The highest BCUT2D eigenvalue weighted by Gasteiger charge is 2.37. The molecule has 0 aromatic heterocycles. The average molecular weight is 439 g/mol. The monoisotopic (exact) mass is 438 g/mol. The molecule has 0 unspecified atom stereocenters. The van der Waals surface area contributed by atoms with Crippen LogP contribution in [-0.4, -0.2) is 38.7 Å². The predicted molar refractivity (Wildman–Crippen MR) is 125 cm³/mol. The number of rotatable bonds is 7. The van der Waals surface area contributed by atoms with E-state index in [0.717, 1.165) is 11.1 Å². The normalized spacial score (nSPS) is 16.4. The minimum Gasteiger partial charge on any atom is -0.508 e. The number of allylic oxidation sites excluding steroid dienone is 2. The zero-order valence-corrected chi connectivity index (χ0v) is 18.1. The lowest BCUT2D eigenvalue weighted by Crippen LogP contribution is -2.47. The molecule has 0 spiro atoms. The van der Waals surface area contributed by atoms with Crippen molar-refractivity contribution in [2.24, 2.45) is 0 Å². The maximum Gasteiger partial charge on any atom is 0.266 e. The molecule has 0 bridgehead atoms. The van der Waals surface area contributed by atoms with E-state index < -0.39 is 6.04 Å². The Labute approximate surface area is 185 Å². The summed E-state index contributed by atoms with van der Waals surface area (Å²) in [4.78, 5) is 27.1. The van der Waals surface area contributed by atoms with E-state index in [-0.39, 0.29) is 17.6 Å². The SMILES string of the molecule is C[C@@H](C(=O)NCCc1ccc(O)cc1)N1C(=O)/C(=C/C=C/c2ccccc2)SC1=S. The van der Waals surface area contributed by atoms with Crippen LogP contribution in [0, 0.1) is 0 Å². The van der Waals surface area contributed by atoms with E-state index in [2.05, 4.69) is 5.32 Å². The molecule has 2 aromatic carbocycles. The molecule has 5 nitrogen and oxygen atoms in total. The number of amides is 2. The number of hydrogen-bond acceptors (Lipinski definition) is 5. The van der Waals surface area contributed by atoms with Crippen molar-refractivity contribution in [3.63, 3.8) is 0 Å². The Bertz CT molecular complexity index is 985. The quantitative estimate of drug-likeness (QED) is 0.507. The second-order valence-electron chi connectivity index (χ2n) is 6.73. The van der Waals surface area contributed by atoms with Crippen molar-refractivity contribution in [1.82, 2.24) is 10.2 Å². The molecule has 3 rings (SSSR count). The third kappa shape index (κ3) is 5.58. The Balaban J connectivity index is 1.56. The zero-order valence-electron chi connectivity index (χ0n) is 16.4. The molecular weight excluding hydrogens is 416 g/mol. The molecule has 0 saturated carbocycles. The largest absolute Gasteiger partial charge is 0.508 e. The van der Waals surface area contributed by atoms with Crippen molar-refractivity contribution in [2.45, 2.75) is 19.4 Å². The smallest absolute Gasteiger partial charge is 0.266 e. The molecule has 154 valence electrons. The summed E-state index contributed by atoms with van der Waals surface area (Å²) in [7, 11) is 0. The highest BCUT2D eigenvalue weighted by molar-refractivity contribution is 8.26. The van der Waals surface area contributed by atoms with Gasteiger partial charge in [-0.2, -0.15) is 0 Å². The van der Waals surface area contributed by atoms with E-state index in [1.807, 2.05) is 42.5 Å². The predicted octanol–water partition coefficient (Wildman–Crippen LogP) is 3.90. The second-order valence-corrected chi connectivity index (χ2v) is 8.40. The number of aromatic hydroxyl groups is 1. The van der Waals surface area contributed by atoms with Crippen molar-refractivity contribution < 1.29 is 14.7 Å². The Morgan fingerprint density at radius 3 is 2.60 bits per heavy atom. The number of phenols is 1. The van der Waals surface area contributed by atoms with Gasteiger partial charge in [-0.15, -0.1) is 0 Å². The number of nitrogens with one attached hydrogen (secondary N) is 1.